The van der Waals surface area contributed by atoms with Gasteiger partial charge in [0.25, 0.3) is 5.91 Å². The van der Waals surface area contributed by atoms with Crippen LogP contribution in [0.3, 0.4) is 0 Å². The van der Waals surface area contributed by atoms with Gasteiger partial charge >= 0.3 is 0 Å². The van der Waals surface area contributed by atoms with E-state index < -0.39 is 10.0 Å². The van der Waals surface area contributed by atoms with Crippen molar-refractivity contribution in [1.29, 1.82) is 0 Å². The number of piperidine rings is 1. The van der Waals surface area contributed by atoms with Crippen LogP contribution < -0.4 is 4.90 Å². The Morgan fingerprint density at radius 3 is 2.32 bits per heavy atom. The molecule has 2 heterocycles. The Bertz CT molecular complexity index is 1520. The third-order valence-corrected chi connectivity index (χ3v) is 10.3. The standard InChI is InChI=1S/C29H30ClN3O3S2/c1-19-15-20(2)17-32(16-19)38(35,36)24-12-10-23(11-13-24)28(34)33(18-22-7-5-4-6-8-22)29-31-26-21(3)9-14-25(30)27(26)37-29/h4-14,19-20H,15-18H2,1-3H3. The van der Waals surface area contributed by atoms with Crippen molar-refractivity contribution in [2.75, 3.05) is 18.0 Å². The summed E-state index contributed by atoms with van der Waals surface area (Å²) in [5, 5.41) is 1.13. The number of halogens is 1. The van der Waals surface area contributed by atoms with Crippen molar-refractivity contribution in [1.82, 2.24) is 9.29 Å². The molecule has 0 bridgehead atoms. The first-order chi connectivity index (χ1) is 18.1. The largest absolute Gasteiger partial charge is 0.279 e. The molecular formula is C29H30ClN3O3S2. The second-order valence-electron chi connectivity index (χ2n) is 10.2. The zero-order valence-corrected chi connectivity index (χ0v) is 24.0. The van der Waals surface area contributed by atoms with E-state index in [9.17, 15) is 13.2 Å². The summed E-state index contributed by atoms with van der Waals surface area (Å²) >= 11 is 7.83. The highest BCUT2D eigenvalue weighted by atomic mass is 35.5. The lowest BCUT2D eigenvalue weighted by Gasteiger charge is -2.34. The molecule has 1 fully saturated rings. The fourth-order valence-corrected chi connectivity index (χ4v) is 8.07. The van der Waals surface area contributed by atoms with E-state index in [1.165, 1.54) is 23.5 Å². The van der Waals surface area contributed by atoms with Crippen LogP contribution in [0.4, 0.5) is 5.13 Å². The van der Waals surface area contributed by atoms with E-state index >= 15 is 0 Å². The van der Waals surface area contributed by atoms with Crippen LogP contribution in [0.15, 0.2) is 71.6 Å². The van der Waals surface area contributed by atoms with Crippen molar-refractivity contribution in [3.63, 3.8) is 0 Å². The van der Waals surface area contributed by atoms with E-state index in [2.05, 4.69) is 13.8 Å². The van der Waals surface area contributed by atoms with Crippen LogP contribution in [0.2, 0.25) is 5.02 Å². The van der Waals surface area contributed by atoms with Crippen LogP contribution >= 0.6 is 22.9 Å². The predicted octanol–water partition coefficient (Wildman–Crippen LogP) is 6.77. The molecule has 0 N–H and O–H groups in total. The summed E-state index contributed by atoms with van der Waals surface area (Å²) in [6, 6.07) is 19.7. The van der Waals surface area contributed by atoms with E-state index in [1.807, 2.05) is 49.4 Å². The van der Waals surface area contributed by atoms with Gasteiger partial charge < -0.3 is 0 Å². The summed E-state index contributed by atoms with van der Waals surface area (Å²) in [6.45, 7) is 7.47. The maximum Gasteiger partial charge on any atom is 0.260 e. The molecule has 0 saturated carbocycles. The van der Waals surface area contributed by atoms with Gasteiger partial charge in [-0.3, -0.25) is 9.69 Å². The van der Waals surface area contributed by atoms with E-state index in [4.69, 9.17) is 16.6 Å². The number of hydrogen-bond acceptors (Lipinski definition) is 5. The molecule has 2 unspecified atom stereocenters. The molecule has 38 heavy (non-hydrogen) atoms. The van der Waals surface area contributed by atoms with Gasteiger partial charge in [-0.15, -0.1) is 0 Å². The van der Waals surface area contributed by atoms with Gasteiger partial charge in [0.1, 0.15) is 0 Å². The number of carbonyl (C=O) groups is 1. The molecule has 0 aliphatic carbocycles. The number of sulfonamides is 1. The van der Waals surface area contributed by atoms with Gasteiger partial charge in [0.15, 0.2) is 5.13 Å². The number of rotatable bonds is 6. The normalized spacial score (nSPS) is 18.5. The second-order valence-corrected chi connectivity index (χ2v) is 13.5. The zero-order valence-electron chi connectivity index (χ0n) is 21.6. The molecule has 4 aromatic rings. The smallest absolute Gasteiger partial charge is 0.260 e. The van der Waals surface area contributed by atoms with Gasteiger partial charge in [0, 0.05) is 18.7 Å². The van der Waals surface area contributed by atoms with Crippen molar-refractivity contribution in [3.8, 4) is 0 Å². The summed E-state index contributed by atoms with van der Waals surface area (Å²) in [4.78, 5) is 20.5. The fourth-order valence-electron chi connectivity index (χ4n) is 5.07. The predicted molar refractivity (Wildman–Crippen MR) is 154 cm³/mol. The monoisotopic (exact) mass is 567 g/mol. The number of hydrogen-bond donors (Lipinski definition) is 0. The molecule has 6 nitrogen and oxygen atoms in total. The molecule has 1 aromatic heterocycles. The van der Waals surface area contributed by atoms with Crippen LogP contribution in [0.5, 0.6) is 0 Å². The van der Waals surface area contributed by atoms with E-state index in [0.717, 1.165) is 27.8 Å². The lowest BCUT2D eigenvalue weighted by Crippen LogP contribution is -2.42. The molecule has 0 spiro atoms. The summed E-state index contributed by atoms with van der Waals surface area (Å²) in [5.74, 6) is 0.365. The Hall–Kier alpha value is -2.78. The minimum absolute atomic E-state index is 0.201. The minimum Gasteiger partial charge on any atom is -0.279 e. The summed E-state index contributed by atoms with van der Waals surface area (Å²) in [6.07, 6.45) is 1.02. The molecule has 5 rings (SSSR count). The average molecular weight is 568 g/mol. The number of amides is 1. The first kappa shape index (κ1) is 26.8. The molecule has 9 heteroatoms. The Morgan fingerprint density at radius 1 is 1.03 bits per heavy atom. The van der Waals surface area contributed by atoms with Gasteiger partial charge in [0.05, 0.1) is 26.7 Å². The number of aryl methyl sites for hydroxylation is 1. The minimum atomic E-state index is -3.63. The van der Waals surface area contributed by atoms with Crippen LogP contribution in [0.1, 0.15) is 41.8 Å². The highest BCUT2D eigenvalue weighted by molar-refractivity contribution is 7.89. The number of nitrogens with zero attached hydrogens (tertiary/aromatic N) is 3. The number of aromatic nitrogens is 1. The Balaban J connectivity index is 1.48. The van der Waals surface area contributed by atoms with Crippen LogP contribution in [-0.2, 0) is 16.6 Å². The van der Waals surface area contributed by atoms with Crippen molar-refractivity contribution in [3.05, 3.63) is 88.4 Å². The van der Waals surface area contributed by atoms with Gasteiger partial charge in [-0.05, 0) is 66.6 Å². The Morgan fingerprint density at radius 2 is 1.68 bits per heavy atom. The number of carbonyl (C=O) groups excluding carboxylic acids is 1. The molecule has 1 aliphatic heterocycles. The zero-order chi connectivity index (χ0) is 27.0. The van der Waals surface area contributed by atoms with Gasteiger partial charge in [-0.2, -0.15) is 4.31 Å². The number of thiazole rings is 1. The van der Waals surface area contributed by atoms with Crippen molar-refractivity contribution in [2.24, 2.45) is 11.8 Å². The van der Waals surface area contributed by atoms with Crippen LogP contribution in [0.25, 0.3) is 10.2 Å². The van der Waals surface area contributed by atoms with Gasteiger partial charge in [-0.1, -0.05) is 73.2 Å². The summed E-state index contributed by atoms with van der Waals surface area (Å²) < 4.78 is 29.1. The maximum atomic E-state index is 13.8. The Kier molecular flexibility index (Phi) is 7.60. The third kappa shape index (κ3) is 5.36. The Labute approximate surface area is 232 Å². The first-order valence-electron chi connectivity index (χ1n) is 12.6. The molecule has 1 aliphatic rings. The topological polar surface area (TPSA) is 70.6 Å². The number of fused-ring (bicyclic) bond motifs is 1. The van der Waals surface area contributed by atoms with Crippen LogP contribution in [-0.4, -0.2) is 36.7 Å². The highest BCUT2D eigenvalue weighted by Gasteiger charge is 2.32. The second kappa shape index (κ2) is 10.8. The molecule has 1 saturated heterocycles. The van der Waals surface area contributed by atoms with Crippen LogP contribution in [0, 0.1) is 18.8 Å². The fraction of sp³-hybridized carbons (Fsp3) is 0.310. The summed E-state index contributed by atoms with van der Waals surface area (Å²) in [5.41, 5.74) is 3.10. The van der Waals surface area contributed by atoms with Crippen molar-refractivity contribution in [2.45, 2.75) is 38.6 Å². The van der Waals surface area contributed by atoms with Gasteiger partial charge in [-0.25, -0.2) is 13.4 Å². The number of anilines is 1. The quantitative estimate of drug-likeness (QED) is 0.258. The van der Waals surface area contributed by atoms with Crippen molar-refractivity contribution >= 4 is 54.2 Å². The SMILES string of the molecule is Cc1ccc(Cl)c2sc(N(Cc3ccccc3)C(=O)c3ccc(S(=O)(=O)N4CC(C)CC(C)C4)cc3)nc12. The molecule has 198 valence electrons. The molecule has 2 atom stereocenters. The number of benzene rings is 3. The van der Waals surface area contributed by atoms with Crippen molar-refractivity contribution < 1.29 is 13.2 Å². The van der Waals surface area contributed by atoms with Gasteiger partial charge in [0.2, 0.25) is 10.0 Å². The van der Waals surface area contributed by atoms with E-state index in [1.54, 1.807) is 21.3 Å². The maximum absolute atomic E-state index is 13.8. The van der Waals surface area contributed by atoms with E-state index in [0.29, 0.717) is 47.2 Å². The molecule has 3 aromatic carbocycles. The first-order valence-corrected chi connectivity index (χ1v) is 15.3. The lowest BCUT2D eigenvalue weighted by atomic mass is 9.94. The molecular weight excluding hydrogens is 538 g/mol. The highest BCUT2D eigenvalue weighted by Crippen LogP contribution is 2.37. The third-order valence-electron chi connectivity index (χ3n) is 6.92. The van der Waals surface area contributed by atoms with E-state index in [-0.39, 0.29) is 10.8 Å². The lowest BCUT2D eigenvalue weighted by molar-refractivity contribution is 0.0985. The molecule has 1 amide bonds. The average Bonchev–Trinajstić information content (AvgIpc) is 3.36. The molecule has 0 radical (unpaired) electrons. The summed E-state index contributed by atoms with van der Waals surface area (Å²) in [7, 11) is -3.63.